The molecule has 0 spiro atoms. The summed E-state index contributed by atoms with van der Waals surface area (Å²) < 4.78 is 0. The van der Waals surface area contributed by atoms with Crippen LogP contribution in [0.3, 0.4) is 0 Å². The summed E-state index contributed by atoms with van der Waals surface area (Å²) in [6.07, 6.45) is 5.15. The SMILES string of the molecule is Cc1ccc(NC(=O)CN2CCc3nc(NC(=O)c4cnccn4)sc3C2)cc1C. The molecule has 0 fully saturated rings. The molecule has 1 aliphatic rings. The highest BCUT2D eigenvalue weighted by Crippen LogP contribution is 2.28. The summed E-state index contributed by atoms with van der Waals surface area (Å²) in [6, 6.07) is 5.91. The van der Waals surface area contributed by atoms with Gasteiger partial charge in [-0.1, -0.05) is 6.07 Å². The lowest BCUT2D eigenvalue weighted by molar-refractivity contribution is -0.117. The minimum atomic E-state index is -0.334. The van der Waals surface area contributed by atoms with Gasteiger partial charge in [-0.15, -0.1) is 11.3 Å². The first-order chi connectivity index (χ1) is 14.5. The average Bonchev–Trinajstić information content (AvgIpc) is 3.13. The van der Waals surface area contributed by atoms with Crippen LogP contribution in [0.25, 0.3) is 0 Å². The number of amides is 2. The lowest BCUT2D eigenvalue weighted by Crippen LogP contribution is -2.36. The molecule has 0 saturated carbocycles. The van der Waals surface area contributed by atoms with Crippen molar-refractivity contribution < 1.29 is 9.59 Å². The second-order valence-electron chi connectivity index (χ2n) is 7.24. The maximum absolute atomic E-state index is 12.5. The maximum Gasteiger partial charge on any atom is 0.277 e. The Morgan fingerprint density at radius 3 is 2.80 bits per heavy atom. The summed E-state index contributed by atoms with van der Waals surface area (Å²) in [7, 11) is 0. The van der Waals surface area contributed by atoms with Crippen LogP contribution in [0.5, 0.6) is 0 Å². The summed E-state index contributed by atoms with van der Waals surface area (Å²) in [5, 5.41) is 6.29. The standard InChI is InChI=1S/C21H22N6O2S/c1-13-3-4-15(9-14(13)2)24-19(28)12-27-8-5-16-18(11-27)30-21(25-16)26-20(29)17-10-22-6-7-23-17/h3-4,6-7,9-10H,5,8,11-12H2,1-2H3,(H,24,28)(H,25,26,29). The van der Waals surface area contributed by atoms with E-state index in [9.17, 15) is 9.59 Å². The van der Waals surface area contributed by atoms with Crippen LogP contribution in [0.4, 0.5) is 10.8 Å². The highest BCUT2D eigenvalue weighted by Gasteiger charge is 2.23. The molecular formula is C21H22N6O2S. The van der Waals surface area contributed by atoms with Crippen LogP contribution in [0.15, 0.2) is 36.8 Å². The van der Waals surface area contributed by atoms with Crippen molar-refractivity contribution in [3.8, 4) is 0 Å². The van der Waals surface area contributed by atoms with Gasteiger partial charge in [0, 0.05) is 42.5 Å². The molecule has 0 unspecified atom stereocenters. The largest absolute Gasteiger partial charge is 0.325 e. The summed E-state index contributed by atoms with van der Waals surface area (Å²) in [5.41, 5.74) is 4.38. The minimum Gasteiger partial charge on any atom is -0.325 e. The number of anilines is 2. The minimum absolute atomic E-state index is 0.0394. The van der Waals surface area contributed by atoms with Crippen molar-refractivity contribution in [1.29, 1.82) is 0 Å². The van der Waals surface area contributed by atoms with Crippen LogP contribution in [-0.4, -0.2) is 44.8 Å². The quantitative estimate of drug-likeness (QED) is 0.656. The Morgan fingerprint density at radius 2 is 2.03 bits per heavy atom. The summed E-state index contributed by atoms with van der Waals surface area (Å²) in [5.74, 6) is -0.374. The van der Waals surface area contributed by atoms with E-state index in [1.165, 1.54) is 35.5 Å². The fraction of sp³-hybridized carbons (Fsp3) is 0.286. The van der Waals surface area contributed by atoms with Crippen molar-refractivity contribution in [1.82, 2.24) is 19.9 Å². The topological polar surface area (TPSA) is 100 Å². The predicted molar refractivity (Wildman–Crippen MR) is 116 cm³/mol. The van der Waals surface area contributed by atoms with Gasteiger partial charge < -0.3 is 5.32 Å². The Hall–Kier alpha value is -3.17. The maximum atomic E-state index is 12.5. The number of rotatable bonds is 5. The second kappa shape index (κ2) is 8.68. The van der Waals surface area contributed by atoms with Gasteiger partial charge in [-0.3, -0.25) is 24.8 Å². The zero-order valence-electron chi connectivity index (χ0n) is 16.8. The van der Waals surface area contributed by atoms with E-state index >= 15 is 0 Å². The molecule has 2 amide bonds. The number of thiazole rings is 1. The van der Waals surface area contributed by atoms with Crippen LogP contribution in [0.1, 0.15) is 32.2 Å². The molecule has 2 N–H and O–H groups in total. The molecule has 8 nitrogen and oxygen atoms in total. The molecule has 1 aromatic carbocycles. The number of benzene rings is 1. The van der Waals surface area contributed by atoms with Crippen LogP contribution in [0, 0.1) is 13.8 Å². The van der Waals surface area contributed by atoms with Crippen LogP contribution >= 0.6 is 11.3 Å². The number of hydrogen-bond acceptors (Lipinski definition) is 7. The molecule has 30 heavy (non-hydrogen) atoms. The van der Waals surface area contributed by atoms with Crippen molar-refractivity contribution in [3.05, 3.63) is 64.2 Å². The van der Waals surface area contributed by atoms with Crippen molar-refractivity contribution in [3.63, 3.8) is 0 Å². The van der Waals surface area contributed by atoms with Gasteiger partial charge in [-0.2, -0.15) is 0 Å². The molecule has 0 saturated heterocycles. The van der Waals surface area contributed by atoms with E-state index in [1.54, 1.807) is 0 Å². The molecule has 0 bridgehead atoms. The second-order valence-corrected chi connectivity index (χ2v) is 8.33. The Balaban J connectivity index is 1.35. The van der Waals surface area contributed by atoms with E-state index in [0.717, 1.165) is 34.8 Å². The van der Waals surface area contributed by atoms with Crippen LogP contribution < -0.4 is 10.6 Å². The highest BCUT2D eigenvalue weighted by atomic mass is 32.1. The molecule has 2 aromatic heterocycles. The zero-order valence-corrected chi connectivity index (χ0v) is 17.6. The van der Waals surface area contributed by atoms with E-state index in [1.807, 2.05) is 32.0 Å². The Labute approximate surface area is 178 Å². The molecule has 0 aliphatic carbocycles. The highest BCUT2D eigenvalue weighted by molar-refractivity contribution is 7.15. The average molecular weight is 423 g/mol. The number of hydrogen-bond donors (Lipinski definition) is 2. The molecule has 3 heterocycles. The molecule has 3 aromatic rings. The Bertz CT molecular complexity index is 1080. The molecule has 9 heteroatoms. The molecule has 1 aliphatic heterocycles. The van der Waals surface area contributed by atoms with Crippen molar-refractivity contribution in [2.75, 3.05) is 23.7 Å². The first kappa shape index (κ1) is 20.1. The van der Waals surface area contributed by atoms with Gasteiger partial charge in [0.25, 0.3) is 5.91 Å². The van der Waals surface area contributed by atoms with Gasteiger partial charge in [0.05, 0.1) is 18.4 Å². The van der Waals surface area contributed by atoms with Crippen LogP contribution in [-0.2, 0) is 17.8 Å². The van der Waals surface area contributed by atoms with Gasteiger partial charge in [0.15, 0.2) is 5.13 Å². The predicted octanol–water partition coefficient (Wildman–Crippen LogP) is 2.80. The van der Waals surface area contributed by atoms with Crippen molar-refractivity contribution >= 4 is 34.0 Å². The number of carbonyl (C=O) groups excluding carboxylic acids is 2. The number of aromatic nitrogens is 3. The van der Waals surface area contributed by atoms with Crippen LogP contribution in [0.2, 0.25) is 0 Å². The lowest BCUT2D eigenvalue weighted by atomic mass is 10.1. The number of carbonyl (C=O) groups is 2. The molecule has 0 radical (unpaired) electrons. The third-order valence-electron chi connectivity index (χ3n) is 4.98. The third kappa shape index (κ3) is 4.69. The lowest BCUT2D eigenvalue weighted by Gasteiger charge is -2.25. The smallest absolute Gasteiger partial charge is 0.277 e. The monoisotopic (exact) mass is 422 g/mol. The van der Waals surface area contributed by atoms with E-state index < -0.39 is 0 Å². The summed E-state index contributed by atoms with van der Waals surface area (Å²) in [4.78, 5) is 40.3. The number of nitrogens with zero attached hydrogens (tertiary/aromatic N) is 4. The van der Waals surface area contributed by atoms with Crippen molar-refractivity contribution in [2.24, 2.45) is 0 Å². The summed E-state index contributed by atoms with van der Waals surface area (Å²) >= 11 is 1.43. The van der Waals surface area contributed by atoms with Gasteiger partial charge in [-0.05, 0) is 37.1 Å². The molecule has 0 atom stereocenters. The fourth-order valence-electron chi connectivity index (χ4n) is 3.24. The first-order valence-corrected chi connectivity index (χ1v) is 10.4. The van der Waals surface area contributed by atoms with E-state index in [-0.39, 0.29) is 17.5 Å². The van der Waals surface area contributed by atoms with Crippen molar-refractivity contribution in [2.45, 2.75) is 26.8 Å². The van der Waals surface area contributed by atoms with Gasteiger partial charge >= 0.3 is 0 Å². The third-order valence-corrected chi connectivity index (χ3v) is 5.98. The Kier molecular flexibility index (Phi) is 5.82. The molecule has 154 valence electrons. The van der Waals surface area contributed by atoms with E-state index in [2.05, 4.69) is 30.5 Å². The molecular weight excluding hydrogens is 400 g/mol. The normalized spacial score (nSPS) is 13.5. The number of aryl methyl sites for hydroxylation is 2. The van der Waals surface area contributed by atoms with Gasteiger partial charge in [-0.25, -0.2) is 9.97 Å². The first-order valence-electron chi connectivity index (χ1n) is 9.63. The Morgan fingerprint density at radius 1 is 1.17 bits per heavy atom. The molecule has 4 rings (SSSR count). The number of fused-ring (bicyclic) bond motifs is 1. The zero-order chi connectivity index (χ0) is 21.1. The number of nitrogens with one attached hydrogen (secondary N) is 2. The fourth-order valence-corrected chi connectivity index (χ4v) is 4.28. The van der Waals surface area contributed by atoms with Gasteiger partial charge in [0.2, 0.25) is 5.91 Å². The van der Waals surface area contributed by atoms with E-state index in [0.29, 0.717) is 18.2 Å². The van der Waals surface area contributed by atoms with E-state index in [4.69, 9.17) is 0 Å². The summed E-state index contributed by atoms with van der Waals surface area (Å²) in [6.45, 7) is 5.77. The van der Waals surface area contributed by atoms with Gasteiger partial charge in [0.1, 0.15) is 5.69 Å².